The van der Waals surface area contributed by atoms with Crippen molar-refractivity contribution >= 4 is 5.91 Å². The van der Waals surface area contributed by atoms with Crippen molar-refractivity contribution in [1.82, 2.24) is 10.3 Å². The maximum atomic E-state index is 12.8. The predicted molar refractivity (Wildman–Crippen MR) is 102 cm³/mol. The zero-order valence-corrected chi connectivity index (χ0v) is 15.1. The summed E-state index contributed by atoms with van der Waals surface area (Å²) < 4.78 is 5.62. The number of rotatable bonds is 5. The van der Waals surface area contributed by atoms with Crippen LogP contribution in [-0.2, 0) is 0 Å². The Bertz CT molecular complexity index is 912. The lowest BCUT2D eigenvalue weighted by molar-refractivity contribution is 0.0228. The molecule has 3 aromatic rings. The minimum Gasteiger partial charge on any atom is -0.461 e. The fourth-order valence-electron chi connectivity index (χ4n) is 3.50. The molecule has 2 aromatic heterocycles. The Balaban J connectivity index is 1.51. The number of aliphatic hydroxyl groups is 1. The lowest BCUT2D eigenvalue weighted by atomic mass is 9.76. The van der Waals surface area contributed by atoms with E-state index in [1.165, 1.54) is 0 Å². The van der Waals surface area contributed by atoms with Crippen molar-refractivity contribution in [2.45, 2.75) is 31.9 Å². The van der Waals surface area contributed by atoms with E-state index in [-0.39, 0.29) is 24.0 Å². The molecule has 2 N–H and O–H groups in total. The van der Waals surface area contributed by atoms with Crippen LogP contribution in [0.3, 0.4) is 0 Å². The number of benzene rings is 1. The maximum Gasteiger partial charge on any atom is 0.251 e. The summed E-state index contributed by atoms with van der Waals surface area (Å²) in [5.74, 6) is 1.69. The summed E-state index contributed by atoms with van der Waals surface area (Å²) in [6, 6.07) is 16.7. The Hall–Kier alpha value is -2.92. The highest BCUT2D eigenvalue weighted by molar-refractivity contribution is 5.94. The van der Waals surface area contributed by atoms with E-state index in [1.54, 1.807) is 18.3 Å². The Kier molecular flexibility index (Phi) is 4.77. The molecule has 1 atom stereocenters. The molecule has 1 saturated carbocycles. The van der Waals surface area contributed by atoms with Crippen LogP contribution in [0.5, 0.6) is 0 Å². The molecule has 27 heavy (non-hydrogen) atoms. The fourth-order valence-corrected chi connectivity index (χ4v) is 3.50. The number of hydrogen-bond acceptors (Lipinski definition) is 4. The van der Waals surface area contributed by atoms with Crippen LogP contribution >= 0.6 is 0 Å². The van der Waals surface area contributed by atoms with E-state index in [1.807, 2.05) is 49.4 Å². The quantitative estimate of drug-likeness (QED) is 0.722. The third-order valence-electron chi connectivity index (χ3n) is 5.09. The third-order valence-corrected chi connectivity index (χ3v) is 5.09. The summed E-state index contributed by atoms with van der Waals surface area (Å²) in [5, 5.41) is 12.8. The predicted octanol–water partition coefficient (Wildman–Crippen LogP) is 3.89. The number of furan rings is 1. The van der Waals surface area contributed by atoms with E-state index in [4.69, 9.17) is 4.42 Å². The maximum absolute atomic E-state index is 12.8. The first-order valence-electron chi connectivity index (χ1n) is 9.17. The molecule has 5 heteroatoms. The topological polar surface area (TPSA) is 75.4 Å². The highest BCUT2D eigenvalue weighted by Crippen LogP contribution is 2.37. The summed E-state index contributed by atoms with van der Waals surface area (Å²) in [6.45, 7) is 1.90. The van der Waals surface area contributed by atoms with Crippen LogP contribution in [0.15, 0.2) is 65.2 Å². The van der Waals surface area contributed by atoms with Gasteiger partial charge in [0.15, 0.2) is 0 Å². The normalized spacial score (nSPS) is 19.9. The fraction of sp³-hybridized carbons (Fsp3) is 0.273. The zero-order valence-electron chi connectivity index (χ0n) is 15.1. The van der Waals surface area contributed by atoms with Gasteiger partial charge in [-0.05, 0) is 62.1 Å². The molecule has 0 bridgehead atoms. The summed E-state index contributed by atoms with van der Waals surface area (Å²) in [4.78, 5) is 17.2. The zero-order chi connectivity index (χ0) is 18.8. The first kappa shape index (κ1) is 17.5. The summed E-state index contributed by atoms with van der Waals surface area (Å²) in [6.07, 6.45) is 2.80. The lowest BCUT2D eigenvalue weighted by Gasteiger charge is -2.37. The molecule has 1 aliphatic rings. The van der Waals surface area contributed by atoms with Crippen molar-refractivity contribution in [3.8, 4) is 11.3 Å². The van der Waals surface area contributed by atoms with Gasteiger partial charge in [-0.25, -0.2) is 0 Å². The molecular formula is C22H22N2O3. The molecule has 0 saturated heterocycles. The Morgan fingerprint density at radius 1 is 1.15 bits per heavy atom. The van der Waals surface area contributed by atoms with Gasteiger partial charge in [0.1, 0.15) is 11.5 Å². The van der Waals surface area contributed by atoms with Gasteiger partial charge < -0.3 is 14.8 Å². The van der Waals surface area contributed by atoms with Crippen LogP contribution in [0.25, 0.3) is 11.3 Å². The Morgan fingerprint density at radius 2 is 1.93 bits per heavy atom. The third kappa shape index (κ3) is 3.78. The van der Waals surface area contributed by atoms with Gasteiger partial charge in [-0.15, -0.1) is 0 Å². The van der Waals surface area contributed by atoms with E-state index >= 15 is 0 Å². The van der Waals surface area contributed by atoms with Gasteiger partial charge in [0.25, 0.3) is 5.91 Å². The summed E-state index contributed by atoms with van der Waals surface area (Å²) in [5.41, 5.74) is 2.34. The van der Waals surface area contributed by atoms with Crippen LogP contribution in [-0.4, -0.2) is 22.1 Å². The molecule has 0 spiro atoms. The first-order chi connectivity index (χ1) is 13.1. The molecule has 4 rings (SSSR count). The average Bonchev–Trinajstić information content (AvgIpc) is 3.11. The number of aryl methyl sites for hydroxylation is 1. The van der Waals surface area contributed by atoms with Gasteiger partial charge in [-0.2, -0.15) is 0 Å². The number of carbonyl (C=O) groups is 1. The molecule has 1 fully saturated rings. The van der Waals surface area contributed by atoms with Gasteiger partial charge >= 0.3 is 0 Å². The number of aromatic nitrogens is 1. The number of hydrogen-bond donors (Lipinski definition) is 2. The highest BCUT2D eigenvalue weighted by atomic mass is 16.3. The molecule has 5 nitrogen and oxygen atoms in total. The SMILES string of the molecule is Cc1ccc(-c2ccc(C(=O)NC(c3ccccn3)C3CC(O)C3)cc2)o1. The highest BCUT2D eigenvalue weighted by Gasteiger charge is 2.36. The largest absolute Gasteiger partial charge is 0.461 e. The van der Waals surface area contributed by atoms with E-state index in [2.05, 4.69) is 10.3 Å². The second-order valence-corrected chi connectivity index (χ2v) is 7.08. The van der Waals surface area contributed by atoms with Crippen molar-refractivity contribution in [2.75, 3.05) is 0 Å². The smallest absolute Gasteiger partial charge is 0.251 e. The molecule has 1 aliphatic carbocycles. The van der Waals surface area contributed by atoms with Crippen LogP contribution in [0.2, 0.25) is 0 Å². The first-order valence-corrected chi connectivity index (χ1v) is 9.17. The van der Waals surface area contributed by atoms with Crippen molar-refractivity contribution in [2.24, 2.45) is 5.92 Å². The number of pyridine rings is 1. The Labute approximate surface area is 158 Å². The molecule has 1 amide bonds. The molecule has 1 unspecified atom stereocenters. The van der Waals surface area contributed by atoms with E-state index in [0.717, 1.165) is 22.8 Å². The van der Waals surface area contributed by atoms with E-state index in [0.29, 0.717) is 18.4 Å². The van der Waals surface area contributed by atoms with Crippen LogP contribution < -0.4 is 5.32 Å². The van der Waals surface area contributed by atoms with E-state index in [9.17, 15) is 9.90 Å². The standard InChI is InChI=1S/C22H22N2O3/c1-14-5-10-20(27-14)15-6-8-16(9-7-15)22(26)24-21(17-12-18(25)13-17)19-4-2-3-11-23-19/h2-11,17-18,21,25H,12-13H2,1H3,(H,24,26). The number of nitrogens with zero attached hydrogens (tertiary/aromatic N) is 1. The van der Waals surface area contributed by atoms with Crippen molar-refractivity contribution < 1.29 is 14.3 Å². The van der Waals surface area contributed by atoms with Crippen molar-refractivity contribution in [1.29, 1.82) is 0 Å². The van der Waals surface area contributed by atoms with Gasteiger partial charge in [-0.3, -0.25) is 9.78 Å². The van der Waals surface area contributed by atoms with Crippen LogP contribution in [0, 0.1) is 12.8 Å². The molecular weight excluding hydrogens is 340 g/mol. The van der Waals surface area contributed by atoms with Crippen molar-refractivity contribution in [3.05, 3.63) is 77.8 Å². The van der Waals surface area contributed by atoms with Gasteiger partial charge in [0.2, 0.25) is 0 Å². The minimum absolute atomic E-state index is 0.144. The van der Waals surface area contributed by atoms with Gasteiger partial charge in [-0.1, -0.05) is 18.2 Å². The molecule has 0 radical (unpaired) electrons. The average molecular weight is 362 g/mol. The van der Waals surface area contributed by atoms with Crippen molar-refractivity contribution in [3.63, 3.8) is 0 Å². The number of amides is 1. The lowest BCUT2D eigenvalue weighted by Crippen LogP contribution is -2.41. The number of nitrogens with one attached hydrogen (secondary N) is 1. The van der Waals surface area contributed by atoms with E-state index < -0.39 is 0 Å². The minimum atomic E-state index is -0.283. The van der Waals surface area contributed by atoms with Gasteiger partial charge in [0, 0.05) is 17.3 Å². The molecule has 2 heterocycles. The van der Waals surface area contributed by atoms with Crippen LogP contribution in [0.1, 0.15) is 40.7 Å². The second-order valence-electron chi connectivity index (χ2n) is 7.08. The monoisotopic (exact) mass is 362 g/mol. The number of carbonyl (C=O) groups excluding carboxylic acids is 1. The molecule has 0 aliphatic heterocycles. The second kappa shape index (κ2) is 7.37. The molecule has 138 valence electrons. The van der Waals surface area contributed by atoms with Gasteiger partial charge in [0.05, 0.1) is 17.8 Å². The molecule has 1 aromatic carbocycles. The number of aliphatic hydroxyl groups excluding tert-OH is 1. The Morgan fingerprint density at radius 3 is 2.52 bits per heavy atom. The summed E-state index contributed by atoms with van der Waals surface area (Å²) in [7, 11) is 0. The van der Waals surface area contributed by atoms with Crippen LogP contribution in [0.4, 0.5) is 0 Å². The summed E-state index contributed by atoms with van der Waals surface area (Å²) >= 11 is 0.